The zero-order chi connectivity index (χ0) is 16.8. The molecule has 0 unspecified atom stereocenters. The fraction of sp³-hybridized carbons (Fsp3) is 0.625. The summed E-state index contributed by atoms with van der Waals surface area (Å²) in [6.45, 7) is 6.53. The highest BCUT2D eigenvalue weighted by molar-refractivity contribution is 5.97. The number of carbonyl (C=O) groups is 1. The fourth-order valence-electron chi connectivity index (χ4n) is 3.06. The smallest absolute Gasteiger partial charge is 0.320 e. The summed E-state index contributed by atoms with van der Waals surface area (Å²) >= 11 is 0. The summed E-state index contributed by atoms with van der Waals surface area (Å²) in [6, 6.07) is -0.269. The molecule has 0 aliphatic carbocycles. The highest BCUT2D eigenvalue weighted by atomic mass is 35.5. The Bertz CT molecular complexity index is 682. The van der Waals surface area contributed by atoms with Gasteiger partial charge in [-0.1, -0.05) is 12.8 Å². The van der Waals surface area contributed by atoms with Gasteiger partial charge in [-0.25, -0.2) is 19.4 Å². The summed E-state index contributed by atoms with van der Waals surface area (Å²) in [5, 5.41) is 10.6. The average molecular weight is 368 g/mol. The van der Waals surface area contributed by atoms with Crippen LogP contribution in [0.1, 0.15) is 32.6 Å². The lowest BCUT2D eigenvalue weighted by molar-refractivity contribution is 0.252. The fourth-order valence-corrected chi connectivity index (χ4v) is 3.06. The van der Waals surface area contributed by atoms with Crippen LogP contribution in [0.4, 0.5) is 10.6 Å². The van der Waals surface area contributed by atoms with Gasteiger partial charge in [0.1, 0.15) is 12.1 Å². The van der Waals surface area contributed by atoms with Crippen molar-refractivity contribution in [3.05, 3.63) is 12.5 Å². The number of anilines is 1. The number of aromatic nitrogens is 4. The van der Waals surface area contributed by atoms with E-state index in [1.165, 1.54) is 32.0 Å². The molecule has 3 rings (SSSR count). The number of carbonyl (C=O) groups excluding carboxylic acids is 1. The normalized spacial score (nSPS) is 15.4. The zero-order valence-electron chi connectivity index (χ0n) is 14.6. The number of urea groups is 1. The van der Waals surface area contributed by atoms with Crippen LogP contribution in [0.3, 0.4) is 0 Å². The number of rotatable bonds is 5. The van der Waals surface area contributed by atoms with E-state index in [2.05, 4.69) is 30.6 Å². The van der Waals surface area contributed by atoms with Crippen molar-refractivity contribution < 1.29 is 4.79 Å². The molecule has 1 fully saturated rings. The first kappa shape index (κ1) is 19.4. The van der Waals surface area contributed by atoms with Crippen molar-refractivity contribution in [3.8, 4) is 0 Å². The van der Waals surface area contributed by atoms with Gasteiger partial charge in [0.15, 0.2) is 5.65 Å². The molecule has 25 heavy (non-hydrogen) atoms. The maximum absolute atomic E-state index is 11.7. The van der Waals surface area contributed by atoms with Crippen LogP contribution in [0.5, 0.6) is 0 Å². The molecule has 2 aromatic heterocycles. The minimum Gasteiger partial charge on any atom is -0.338 e. The van der Waals surface area contributed by atoms with Crippen LogP contribution in [0, 0.1) is 0 Å². The maximum Gasteiger partial charge on any atom is 0.320 e. The highest BCUT2D eigenvalue weighted by Gasteiger charge is 2.13. The Labute approximate surface area is 153 Å². The number of amides is 2. The van der Waals surface area contributed by atoms with Gasteiger partial charge in [-0.3, -0.25) is 5.32 Å². The van der Waals surface area contributed by atoms with E-state index in [9.17, 15) is 4.79 Å². The van der Waals surface area contributed by atoms with Crippen molar-refractivity contribution in [1.82, 2.24) is 30.0 Å². The Morgan fingerprint density at radius 2 is 1.92 bits per heavy atom. The van der Waals surface area contributed by atoms with Crippen molar-refractivity contribution in [3.63, 3.8) is 0 Å². The lowest BCUT2D eigenvalue weighted by Gasteiger charge is -2.19. The molecule has 0 aromatic carbocycles. The minimum atomic E-state index is -0.269. The van der Waals surface area contributed by atoms with Crippen LogP contribution in [-0.2, 0) is 6.54 Å². The van der Waals surface area contributed by atoms with E-state index in [-0.39, 0.29) is 18.4 Å². The summed E-state index contributed by atoms with van der Waals surface area (Å²) in [5.74, 6) is 0.493. The van der Waals surface area contributed by atoms with Crippen molar-refractivity contribution in [1.29, 1.82) is 0 Å². The second-order valence-corrected chi connectivity index (χ2v) is 6.07. The Balaban J connectivity index is 0.00000225. The van der Waals surface area contributed by atoms with Crippen LogP contribution in [0.15, 0.2) is 12.5 Å². The number of nitrogens with zero attached hydrogens (tertiary/aromatic N) is 5. The van der Waals surface area contributed by atoms with E-state index < -0.39 is 0 Å². The molecule has 3 heterocycles. The molecule has 0 radical (unpaired) electrons. The second kappa shape index (κ2) is 9.53. The Kier molecular flexibility index (Phi) is 7.39. The van der Waals surface area contributed by atoms with Gasteiger partial charge in [0.2, 0.25) is 0 Å². The predicted molar refractivity (Wildman–Crippen MR) is 100 cm³/mol. The molecule has 1 aliphatic rings. The van der Waals surface area contributed by atoms with Crippen LogP contribution < -0.4 is 10.6 Å². The molecule has 0 bridgehead atoms. The number of halogens is 1. The van der Waals surface area contributed by atoms with Gasteiger partial charge < -0.3 is 10.2 Å². The van der Waals surface area contributed by atoms with E-state index in [1.807, 2.05) is 11.6 Å². The molecule has 0 saturated carbocycles. The van der Waals surface area contributed by atoms with Crippen LogP contribution in [0.25, 0.3) is 11.0 Å². The average Bonchev–Trinajstić information content (AvgIpc) is 2.81. The summed E-state index contributed by atoms with van der Waals surface area (Å²) in [4.78, 5) is 22.7. The van der Waals surface area contributed by atoms with Crippen LogP contribution >= 0.6 is 12.4 Å². The largest absolute Gasteiger partial charge is 0.338 e. The van der Waals surface area contributed by atoms with Gasteiger partial charge >= 0.3 is 6.03 Å². The van der Waals surface area contributed by atoms with Gasteiger partial charge in [-0.05, 0) is 32.9 Å². The Morgan fingerprint density at radius 3 is 2.64 bits per heavy atom. The minimum absolute atomic E-state index is 0. The lowest BCUT2D eigenvalue weighted by atomic mass is 10.2. The standard InChI is InChI=1S/C16H25N7O.ClH/c1-2-17-16(24)21-14-13-11-20-23(15(13)19-12-18-14)10-9-22-7-5-3-4-6-8-22;/h11-12H,2-10H2,1H3,(H2,17,18,19,21,24);1H. The quantitative estimate of drug-likeness (QED) is 0.846. The van der Waals surface area contributed by atoms with Gasteiger partial charge in [-0.2, -0.15) is 5.10 Å². The summed E-state index contributed by atoms with van der Waals surface area (Å²) in [7, 11) is 0. The molecule has 2 aromatic rings. The number of nitrogens with one attached hydrogen (secondary N) is 2. The highest BCUT2D eigenvalue weighted by Crippen LogP contribution is 2.18. The number of hydrogen-bond acceptors (Lipinski definition) is 5. The predicted octanol–water partition coefficient (Wildman–Crippen LogP) is 2.27. The van der Waals surface area contributed by atoms with Crippen molar-refractivity contribution in [2.75, 3.05) is 31.5 Å². The molecular weight excluding hydrogens is 342 g/mol. The third-order valence-electron chi connectivity index (χ3n) is 4.33. The molecule has 2 amide bonds. The third kappa shape index (κ3) is 5.02. The first-order valence-electron chi connectivity index (χ1n) is 8.71. The maximum atomic E-state index is 11.7. The van der Waals surface area contributed by atoms with Gasteiger partial charge in [-0.15, -0.1) is 12.4 Å². The van der Waals surface area contributed by atoms with Crippen LogP contribution in [0.2, 0.25) is 0 Å². The first-order valence-corrected chi connectivity index (χ1v) is 8.71. The molecule has 0 atom stereocenters. The van der Waals surface area contributed by atoms with Gasteiger partial charge in [0, 0.05) is 13.1 Å². The first-order chi connectivity index (χ1) is 11.8. The number of fused-ring (bicyclic) bond motifs is 1. The number of hydrogen-bond donors (Lipinski definition) is 2. The molecule has 2 N–H and O–H groups in total. The van der Waals surface area contributed by atoms with Crippen molar-refractivity contribution in [2.45, 2.75) is 39.2 Å². The van der Waals surface area contributed by atoms with E-state index in [1.54, 1.807) is 6.20 Å². The molecule has 9 heteroatoms. The van der Waals surface area contributed by atoms with Gasteiger partial charge in [0.05, 0.1) is 18.1 Å². The second-order valence-electron chi connectivity index (χ2n) is 6.07. The molecule has 8 nitrogen and oxygen atoms in total. The lowest BCUT2D eigenvalue weighted by Crippen LogP contribution is -2.29. The molecule has 1 saturated heterocycles. The Hall–Kier alpha value is -1.93. The monoisotopic (exact) mass is 367 g/mol. The Morgan fingerprint density at radius 1 is 1.16 bits per heavy atom. The van der Waals surface area contributed by atoms with E-state index in [4.69, 9.17) is 0 Å². The van der Waals surface area contributed by atoms with Crippen LogP contribution in [-0.4, -0.2) is 56.9 Å². The SMILES string of the molecule is CCNC(=O)Nc1ncnc2c1cnn2CCN1CCCCCC1.Cl. The van der Waals surface area contributed by atoms with Crippen molar-refractivity contribution >= 4 is 35.3 Å². The molecule has 0 spiro atoms. The summed E-state index contributed by atoms with van der Waals surface area (Å²) < 4.78 is 1.89. The number of likely N-dealkylation sites (tertiary alicyclic amines) is 1. The molecular formula is C16H26ClN7O. The third-order valence-corrected chi connectivity index (χ3v) is 4.33. The topological polar surface area (TPSA) is 88.0 Å². The van der Waals surface area contributed by atoms with E-state index in [0.29, 0.717) is 12.4 Å². The zero-order valence-corrected chi connectivity index (χ0v) is 15.4. The molecule has 1 aliphatic heterocycles. The van der Waals surface area contributed by atoms with E-state index in [0.717, 1.165) is 37.2 Å². The van der Waals surface area contributed by atoms with E-state index >= 15 is 0 Å². The van der Waals surface area contributed by atoms with Gasteiger partial charge in [0.25, 0.3) is 0 Å². The molecule has 138 valence electrons. The summed E-state index contributed by atoms with van der Waals surface area (Å²) in [6.07, 6.45) is 8.42. The van der Waals surface area contributed by atoms with Crippen molar-refractivity contribution in [2.24, 2.45) is 0 Å². The summed E-state index contributed by atoms with van der Waals surface area (Å²) in [5.41, 5.74) is 0.756.